The zero-order valence-electron chi connectivity index (χ0n) is 13.6. The molecule has 1 atom stereocenters. The first kappa shape index (κ1) is 16.7. The van der Waals surface area contributed by atoms with Gasteiger partial charge in [0.25, 0.3) is 0 Å². The highest BCUT2D eigenvalue weighted by atomic mass is 16.5. The van der Waals surface area contributed by atoms with Gasteiger partial charge in [-0.25, -0.2) is 4.79 Å². The molecule has 0 fully saturated rings. The maximum Gasteiger partial charge on any atom is 0.338 e. The summed E-state index contributed by atoms with van der Waals surface area (Å²) < 4.78 is 5.19. The Bertz CT molecular complexity index is 438. The molecule has 1 aliphatic rings. The summed E-state index contributed by atoms with van der Waals surface area (Å²) in [5.41, 5.74) is 4.86. The number of hydrogen-bond donors (Lipinski definition) is 0. The molecule has 1 rings (SSSR count). The van der Waals surface area contributed by atoms with E-state index in [1.54, 1.807) is 0 Å². The zero-order valence-corrected chi connectivity index (χ0v) is 13.6. The lowest BCUT2D eigenvalue weighted by molar-refractivity contribution is -0.138. The number of allylic oxidation sites excluding steroid dienone is 4. The van der Waals surface area contributed by atoms with Gasteiger partial charge in [0.15, 0.2) is 0 Å². The third-order valence-electron chi connectivity index (χ3n) is 4.04. The zero-order chi connectivity index (χ0) is 15.1. The van der Waals surface area contributed by atoms with Crippen LogP contribution in [0.1, 0.15) is 60.3 Å². The molecule has 0 aromatic heterocycles. The van der Waals surface area contributed by atoms with E-state index in [1.165, 1.54) is 16.7 Å². The number of hydrogen-bond acceptors (Lipinski definition) is 2. The Morgan fingerprint density at radius 2 is 1.75 bits per heavy atom. The Balaban J connectivity index is 3.35. The molecular weight excluding hydrogens is 248 g/mol. The van der Waals surface area contributed by atoms with E-state index in [-0.39, 0.29) is 5.97 Å². The average molecular weight is 276 g/mol. The molecule has 1 aliphatic carbocycles. The summed E-state index contributed by atoms with van der Waals surface area (Å²) in [5.74, 6) is 0.278. The number of rotatable bonds is 6. The molecular formula is C18H28O2. The van der Waals surface area contributed by atoms with E-state index in [1.807, 2.05) is 13.0 Å². The van der Waals surface area contributed by atoms with Gasteiger partial charge in [-0.05, 0) is 50.3 Å². The Labute approximate surface area is 123 Å². The molecule has 2 heteroatoms. The third kappa shape index (κ3) is 3.62. The van der Waals surface area contributed by atoms with Crippen LogP contribution in [0.2, 0.25) is 0 Å². The van der Waals surface area contributed by atoms with Crippen molar-refractivity contribution in [1.82, 2.24) is 0 Å². The van der Waals surface area contributed by atoms with E-state index in [2.05, 4.69) is 33.8 Å². The van der Waals surface area contributed by atoms with Gasteiger partial charge < -0.3 is 4.74 Å². The molecule has 20 heavy (non-hydrogen) atoms. The molecule has 112 valence electrons. The van der Waals surface area contributed by atoms with Gasteiger partial charge in [0, 0.05) is 5.92 Å². The number of carbonyl (C=O) groups excluding carboxylic acids is 1. The fourth-order valence-corrected chi connectivity index (χ4v) is 3.06. The van der Waals surface area contributed by atoms with Crippen LogP contribution in [0, 0.1) is 5.92 Å². The van der Waals surface area contributed by atoms with Gasteiger partial charge >= 0.3 is 5.97 Å². The Morgan fingerprint density at radius 3 is 2.20 bits per heavy atom. The maximum atomic E-state index is 12.1. The van der Waals surface area contributed by atoms with Crippen molar-refractivity contribution in [3.05, 3.63) is 34.4 Å². The topological polar surface area (TPSA) is 26.3 Å². The van der Waals surface area contributed by atoms with Crippen molar-refractivity contribution in [2.75, 3.05) is 6.61 Å². The van der Waals surface area contributed by atoms with Crippen LogP contribution in [-0.2, 0) is 9.53 Å². The second-order valence-corrected chi connectivity index (χ2v) is 5.11. The molecule has 0 aromatic rings. The molecule has 0 heterocycles. The van der Waals surface area contributed by atoms with Gasteiger partial charge in [-0.1, -0.05) is 38.8 Å². The molecule has 0 saturated heterocycles. The van der Waals surface area contributed by atoms with Crippen LogP contribution in [-0.4, -0.2) is 12.6 Å². The molecule has 2 nitrogen and oxygen atoms in total. The second kappa shape index (κ2) is 8.08. The highest BCUT2D eigenvalue weighted by Gasteiger charge is 2.22. The molecule has 0 amide bonds. The lowest BCUT2D eigenvalue weighted by atomic mass is 9.83. The highest BCUT2D eigenvalue weighted by molar-refractivity contribution is 5.92. The first-order valence-electron chi connectivity index (χ1n) is 7.93. The predicted octanol–water partition coefficient (Wildman–Crippen LogP) is 4.97. The molecule has 0 N–H and O–H groups in total. The van der Waals surface area contributed by atoms with Crippen LogP contribution in [0.25, 0.3) is 0 Å². The van der Waals surface area contributed by atoms with Crippen LogP contribution in [0.15, 0.2) is 34.4 Å². The molecule has 0 radical (unpaired) electrons. The minimum atomic E-state index is -0.198. The predicted molar refractivity (Wildman–Crippen MR) is 84.5 cm³/mol. The van der Waals surface area contributed by atoms with Crippen molar-refractivity contribution >= 4 is 5.97 Å². The molecule has 0 bridgehead atoms. The Kier molecular flexibility index (Phi) is 6.77. The standard InChI is InChI=1S/C18H28O2/c1-6-13-11-15(18(19)20-10-5)12-14(7-2)17(9-4)16(13)8-3/h11-12,16H,6-10H2,1-5H3. The summed E-state index contributed by atoms with van der Waals surface area (Å²) in [4.78, 5) is 12.1. The summed E-state index contributed by atoms with van der Waals surface area (Å²) in [7, 11) is 0. The molecule has 0 spiro atoms. The largest absolute Gasteiger partial charge is 0.462 e. The number of ether oxygens (including phenoxy) is 1. The fourth-order valence-electron chi connectivity index (χ4n) is 3.06. The maximum absolute atomic E-state index is 12.1. The second-order valence-electron chi connectivity index (χ2n) is 5.11. The van der Waals surface area contributed by atoms with E-state index in [9.17, 15) is 4.79 Å². The van der Waals surface area contributed by atoms with E-state index in [4.69, 9.17) is 4.74 Å². The third-order valence-corrected chi connectivity index (χ3v) is 4.04. The van der Waals surface area contributed by atoms with E-state index in [0.29, 0.717) is 18.1 Å². The molecule has 0 aliphatic heterocycles. The smallest absolute Gasteiger partial charge is 0.338 e. The summed E-state index contributed by atoms with van der Waals surface area (Å²) in [6, 6.07) is 0. The highest BCUT2D eigenvalue weighted by Crippen LogP contribution is 2.35. The normalized spacial score (nSPS) is 19.4. The van der Waals surface area contributed by atoms with Crippen LogP contribution < -0.4 is 0 Å². The molecule has 0 aromatic carbocycles. The molecule has 0 saturated carbocycles. The summed E-state index contributed by atoms with van der Waals surface area (Å²) in [5, 5.41) is 0. The SMILES string of the molecule is CCOC(=O)C1=CC(CC)=C(CC)C(CC)C(CC)=C1. The van der Waals surface area contributed by atoms with Crippen molar-refractivity contribution in [1.29, 1.82) is 0 Å². The van der Waals surface area contributed by atoms with E-state index in [0.717, 1.165) is 25.7 Å². The minimum absolute atomic E-state index is 0.198. The van der Waals surface area contributed by atoms with Gasteiger partial charge in [0.2, 0.25) is 0 Å². The van der Waals surface area contributed by atoms with Gasteiger partial charge in [-0.2, -0.15) is 0 Å². The minimum Gasteiger partial charge on any atom is -0.462 e. The van der Waals surface area contributed by atoms with Gasteiger partial charge in [-0.15, -0.1) is 0 Å². The number of esters is 1. The number of carbonyl (C=O) groups is 1. The summed E-state index contributed by atoms with van der Waals surface area (Å²) in [6.07, 6.45) is 8.19. The summed E-state index contributed by atoms with van der Waals surface area (Å²) in [6.45, 7) is 11.0. The van der Waals surface area contributed by atoms with Gasteiger partial charge in [0.1, 0.15) is 0 Å². The monoisotopic (exact) mass is 276 g/mol. The summed E-state index contributed by atoms with van der Waals surface area (Å²) >= 11 is 0. The van der Waals surface area contributed by atoms with Crippen LogP contribution in [0.4, 0.5) is 0 Å². The molecule has 1 unspecified atom stereocenters. The van der Waals surface area contributed by atoms with E-state index >= 15 is 0 Å². The lowest BCUT2D eigenvalue weighted by Gasteiger charge is -2.22. The Morgan fingerprint density at radius 1 is 1.05 bits per heavy atom. The van der Waals surface area contributed by atoms with E-state index < -0.39 is 0 Å². The Hall–Kier alpha value is -1.31. The first-order chi connectivity index (χ1) is 9.62. The van der Waals surface area contributed by atoms with Gasteiger partial charge in [0.05, 0.1) is 12.2 Å². The van der Waals surface area contributed by atoms with Crippen LogP contribution >= 0.6 is 0 Å². The van der Waals surface area contributed by atoms with Crippen molar-refractivity contribution in [2.24, 2.45) is 5.92 Å². The average Bonchev–Trinajstić information content (AvgIpc) is 2.62. The first-order valence-corrected chi connectivity index (χ1v) is 7.93. The van der Waals surface area contributed by atoms with Crippen LogP contribution in [0.5, 0.6) is 0 Å². The van der Waals surface area contributed by atoms with Crippen LogP contribution in [0.3, 0.4) is 0 Å². The van der Waals surface area contributed by atoms with Crippen molar-refractivity contribution in [2.45, 2.75) is 60.3 Å². The fraction of sp³-hybridized carbons (Fsp3) is 0.611. The van der Waals surface area contributed by atoms with Gasteiger partial charge in [-0.3, -0.25) is 0 Å². The van der Waals surface area contributed by atoms with Crippen molar-refractivity contribution in [3.63, 3.8) is 0 Å². The lowest BCUT2D eigenvalue weighted by Crippen LogP contribution is -2.08. The quantitative estimate of drug-likeness (QED) is 0.640. The van der Waals surface area contributed by atoms with Crippen molar-refractivity contribution < 1.29 is 9.53 Å². The van der Waals surface area contributed by atoms with Crippen molar-refractivity contribution in [3.8, 4) is 0 Å².